The van der Waals surface area contributed by atoms with Gasteiger partial charge in [-0.1, -0.05) is 0 Å². The standard InChI is InChI=1S/C11H20N2O3S2.ClH/c1-9-8-18(15,16)5-3-13(9)11(14)6-10-7-17-4-2-12-10;/h9-10,12H,2-8H2,1H3;1H. The van der Waals surface area contributed by atoms with Crippen molar-refractivity contribution < 1.29 is 13.2 Å². The molecular formula is C11H21ClN2O3S2. The third kappa shape index (κ3) is 4.81. The Morgan fingerprint density at radius 2 is 2.21 bits per heavy atom. The molecule has 2 rings (SSSR count). The quantitative estimate of drug-likeness (QED) is 0.781. The Balaban J connectivity index is 0.00000180. The molecule has 112 valence electrons. The number of nitrogens with zero attached hydrogens (tertiary/aromatic N) is 1. The second-order valence-corrected chi connectivity index (χ2v) is 8.36. The van der Waals surface area contributed by atoms with Gasteiger partial charge in [0.15, 0.2) is 9.84 Å². The average Bonchev–Trinajstić information content (AvgIpc) is 2.28. The van der Waals surface area contributed by atoms with Gasteiger partial charge < -0.3 is 10.2 Å². The Morgan fingerprint density at radius 3 is 2.79 bits per heavy atom. The van der Waals surface area contributed by atoms with Crippen LogP contribution in [0.15, 0.2) is 0 Å². The van der Waals surface area contributed by atoms with Crippen LogP contribution in [-0.2, 0) is 14.6 Å². The number of carbonyl (C=O) groups excluding carboxylic acids is 1. The molecule has 2 saturated heterocycles. The highest BCUT2D eigenvalue weighted by Crippen LogP contribution is 2.16. The first kappa shape index (κ1) is 17.1. The third-order valence-electron chi connectivity index (χ3n) is 3.41. The lowest BCUT2D eigenvalue weighted by atomic mass is 10.2. The summed E-state index contributed by atoms with van der Waals surface area (Å²) in [5, 5.41) is 3.33. The maximum Gasteiger partial charge on any atom is 0.224 e. The lowest BCUT2D eigenvalue weighted by Crippen LogP contribution is -2.51. The number of carbonyl (C=O) groups is 1. The topological polar surface area (TPSA) is 66.5 Å². The van der Waals surface area contributed by atoms with Gasteiger partial charge in [-0.05, 0) is 6.92 Å². The van der Waals surface area contributed by atoms with Crippen molar-refractivity contribution in [2.75, 3.05) is 36.1 Å². The number of nitrogens with one attached hydrogen (secondary N) is 1. The van der Waals surface area contributed by atoms with Crippen LogP contribution in [0.2, 0.25) is 0 Å². The highest BCUT2D eigenvalue weighted by Gasteiger charge is 2.32. The molecular weight excluding hydrogens is 308 g/mol. The van der Waals surface area contributed by atoms with Crippen LogP contribution < -0.4 is 5.32 Å². The summed E-state index contributed by atoms with van der Waals surface area (Å²) in [6.45, 7) is 3.12. The largest absolute Gasteiger partial charge is 0.338 e. The number of amides is 1. The Bertz CT molecular complexity index is 410. The van der Waals surface area contributed by atoms with E-state index in [1.807, 2.05) is 18.7 Å². The molecule has 2 heterocycles. The molecule has 2 atom stereocenters. The van der Waals surface area contributed by atoms with E-state index in [-0.39, 0.29) is 41.9 Å². The predicted molar refractivity (Wildman–Crippen MR) is 80.8 cm³/mol. The van der Waals surface area contributed by atoms with Gasteiger partial charge in [0.1, 0.15) is 0 Å². The number of thioether (sulfide) groups is 1. The van der Waals surface area contributed by atoms with E-state index in [0.717, 1.165) is 18.1 Å². The summed E-state index contributed by atoms with van der Waals surface area (Å²) in [6.07, 6.45) is 0.484. The van der Waals surface area contributed by atoms with E-state index in [9.17, 15) is 13.2 Å². The zero-order valence-corrected chi connectivity index (χ0v) is 13.5. The van der Waals surface area contributed by atoms with Crippen molar-refractivity contribution in [1.82, 2.24) is 10.2 Å². The van der Waals surface area contributed by atoms with Crippen LogP contribution in [0.25, 0.3) is 0 Å². The number of sulfone groups is 1. The molecule has 0 radical (unpaired) electrons. The van der Waals surface area contributed by atoms with Crippen LogP contribution in [0, 0.1) is 0 Å². The van der Waals surface area contributed by atoms with E-state index in [1.54, 1.807) is 4.90 Å². The summed E-state index contributed by atoms with van der Waals surface area (Å²) < 4.78 is 22.9. The molecule has 0 spiro atoms. The summed E-state index contributed by atoms with van der Waals surface area (Å²) >= 11 is 1.86. The van der Waals surface area contributed by atoms with Crippen LogP contribution >= 0.6 is 24.2 Å². The zero-order valence-electron chi connectivity index (χ0n) is 11.0. The van der Waals surface area contributed by atoms with Crippen molar-refractivity contribution in [3.8, 4) is 0 Å². The van der Waals surface area contributed by atoms with Crippen molar-refractivity contribution in [3.63, 3.8) is 0 Å². The van der Waals surface area contributed by atoms with Crippen molar-refractivity contribution in [2.45, 2.75) is 25.4 Å². The first-order valence-electron chi connectivity index (χ1n) is 6.29. The van der Waals surface area contributed by atoms with Crippen LogP contribution in [0.5, 0.6) is 0 Å². The molecule has 1 N–H and O–H groups in total. The maximum absolute atomic E-state index is 12.2. The van der Waals surface area contributed by atoms with Gasteiger partial charge in [-0.3, -0.25) is 4.79 Å². The second-order valence-electron chi connectivity index (χ2n) is 4.98. The minimum Gasteiger partial charge on any atom is -0.338 e. The number of hydrogen-bond donors (Lipinski definition) is 1. The summed E-state index contributed by atoms with van der Waals surface area (Å²) in [4.78, 5) is 13.9. The van der Waals surface area contributed by atoms with Crippen LogP contribution in [0.1, 0.15) is 13.3 Å². The molecule has 2 unspecified atom stereocenters. The van der Waals surface area contributed by atoms with Crippen molar-refractivity contribution in [2.24, 2.45) is 0 Å². The minimum atomic E-state index is -2.95. The molecule has 0 aliphatic carbocycles. The highest BCUT2D eigenvalue weighted by molar-refractivity contribution is 7.99. The van der Waals surface area contributed by atoms with Crippen molar-refractivity contribution in [3.05, 3.63) is 0 Å². The molecule has 2 aliphatic rings. The second kappa shape index (κ2) is 7.15. The average molecular weight is 329 g/mol. The van der Waals surface area contributed by atoms with Gasteiger partial charge in [-0.2, -0.15) is 11.8 Å². The molecule has 2 fully saturated rings. The molecule has 0 aromatic heterocycles. The fourth-order valence-corrected chi connectivity index (χ4v) is 4.95. The first-order chi connectivity index (χ1) is 8.48. The van der Waals surface area contributed by atoms with Gasteiger partial charge in [0.25, 0.3) is 0 Å². The van der Waals surface area contributed by atoms with Gasteiger partial charge in [0.05, 0.1) is 11.5 Å². The number of halogens is 1. The highest BCUT2D eigenvalue weighted by atomic mass is 35.5. The van der Waals surface area contributed by atoms with Gasteiger partial charge in [0.2, 0.25) is 5.91 Å². The fourth-order valence-electron chi connectivity index (χ4n) is 2.45. The van der Waals surface area contributed by atoms with Crippen LogP contribution in [0.4, 0.5) is 0 Å². The minimum absolute atomic E-state index is 0. The van der Waals surface area contributed by atoms with E-state index in [1.165, 1.54) is 0 Å². The van der Waals surface area contributed by atoms with E-state index >= 15 is 0 Å². The van der Waals surface area contributed by atoms with Crippen LogP contribution in [-0.4, -0.2) is 67.4 Å². The van der Waals surface area contributed by atoms with Gasteiger partial charge in [-0.15, -0.1) is 12.4 Å². The molecule has 19 heavy (non-hydrogen) atoms. The lowest BCUT2D eigenvalue weighted by Gasteiger charge is -2.34. The normalized spacial score (nSPS) is 30.5. The van der Waals surface area contributed by atoms with E-state index in [2.05, 4.69) is 5.32 Å². The predicted octanol–water partition coefficient (Wildman–Crippen LogP) is 0.149. The Morgan fingerprint density at radius 1 is 1.47 bits per heavy atom. The molecule has 8 heteroatoms. The molecule has 0 aromatic rings. The SMILES string of the molecule is CC1CS(=O)(=O)CCN1C(=O)CC1CSCCN1.Cl. The lowest BCUT2D eigenvalue weighted by molar-refractivity contribution is -0.133. The molecule has 0 saturated carbocycles. The fraction of sp³-hybridized carbons (Fsp3) is 0.909. The van der Waals surface area contributed by atoms with E-state index in [4.69, 9.17) is 0 Å². The molecule has 1 amide bonds. The molecule has 5 nitrogen and oxygen atoms in total. The number of hydrogen-bond acceptors (Lipinski definition) is 5. The Hall–Kier alpha value is 0.0200. The van der Waals surface area contributed by atoms with Gasteiger partial charge in [0, 0.05) is 43.1 Å². The van der Waals surface area contributed by atoms with Gasteiger partial charge in [-0.25, -0.2) is 8.42 Å². The van der Waals surface area contributed by atoms with Crippen molar-refractivity contribution in [1.29, 1.82) is 0 Å². The Kier molecular flexibility index (Phi) is 6.42. The van der Waals surface area contributed by atoms with E-state index in [0.29, 0.717) is 13.0 Å². The zero-order chi connectivity index (χ0) is 13.2. The van der Waals surface area contributed by atoms with Crippen molar-refractivity contribution >= 4 is 39.9 Å². The maximum atomic E-state index is 12.2. The monoisotopic (exact) mass is 328 g/mol. The third-order valence-corrected chi connectivity index (χ3v) is 6.34. The molecule has 0 bridgehead atoms. The summed E-state index contributed by atoms with van der Waals surface area (Å²) in [5.74, 6) is 2.36. The van der Waals surface area contributed by atoms with Gasteiger partial charge >= 0.3 is 0 Å². The van der Waals surface area contributed by atoms with E-state index < -0.39 is 9.84 Å². The summed E-state index contributed by atoms with van der Waals surface area (Å²) in [7, 11) is -2.95. The smallest absolute Gasteiger partial charge is 0.224 e. The van der Waals surface area contributed by atoms with Crippen LogP contribution in [0.3, 0.4) is 0 Å². The molecule has 2 aliphatic heterocycles. The molecule has 0 aromatic carbocycles. The Labute approximate surface area is 125 Å². The number of rotatable bonds is 2. The summed E-state index contributed by atoms with van der Waals surface area (Å²) in [6, 6.07) is 0.0504. The first-order valence-corrected chi connectivity index (χ1v) is 9.26. The summed E-state index contributed by atoms with van der Waals surface area (Å²) in [5.41, 5.74) is 0.